The average Bonchev–Trinajstić information content (AvgIpc) is 2.32. The minimum atomic E-state index is 0.546. The van der Waals surface area contributed by atoms with Crippen molar-refractivity contribution in [2.24, 2.45) is 0 Å². The molecule has 0 fully saturated rings. The highest BCUT2D eigenvalue weighted by atomic mass is 32.2. The third kappa shape index (κ3) is 3.23. The molecule has 2 rings (SSSR count). The summed E-state index contributed by atoms with van der Waals surface area (Å²) in [5.74, 6) is 1.37. The van der Waals surface area contributed by atoms with Crippen LogP contribution in [0.2, 0.25) is 0 Å². The molecule has 1 aromatic heterocycles. The summed E-state index contributed by atoms with van der Waals surface area (Å²) in [7, 11) is 0. The molecule has 2 aromatic rings. The molecule has 18 heavy (non-hydrogen) atoms. The standard InChI is InChI=1S/C14H17N3S/c1-3-6-13-16-12(15)9-14(17-13)18-11-8-5-4-7-10(11)2/h4-5,7-9H,3,6H2,1-2H3,(H2,15,16,17). The summed E-state index contributed by atoms with van der Waals surface area (Å²) in [6.07, 6.45) is 1.89. The van der Waals surface area contributed by atoms with E-state index in [1.807, 2.05) is 18.2 Å². The Labute approximate surface area is 112 Å². The SMILES string of the molecule is CCCc1nc(N)cc(Sc2ccccc2C)n1. The minimum Gasteiger partial charge on any atom is -0.384 e. The average molecular weight is 259 g/mol. The summed E-state index contributed by atoms with van der Waals surface area (Å²) in [6.45, 7) is 4.21. The third-order valence-electron chi connectivity index (χ3n) is 2.55. The van der Waals surface area contributed by atoms with Crippen LogP contribution in [0.25, 0.3) is 0 Å². The number of nitrogens with two attached hydrogens (primary N) is 1. The Bertz CT molecular complexity index is 540. The molecule has 0 atom stereocenters. The maximum absolute atomic E-state index is 5.82. The molecular weight excluding hydrogens is 242 g/mol. The number of benzene rings is 1. The molecule has 0 unspecified atom stereocenters. The van der Waals surface area contributed by atoms with Gasteiger partial charge in [0.05, 0.1) is 0 Å². The van der Waals surface area contributed by atoms with E-state index >= 15 is 0 Å². The highest BCUT2D eigenvalue weighted by molar-refractivity contribution is 7.99. The fraction of sp³-hybridized carbons (Fsp3) is 0.286. The zero-order valence-electron chi connectivity index (χ0n) is 10.7. The second kappa shape index (κ2) is 5.87. The van der Waals surface area contributed by atoms with Gasteiger partial charge in [-0.1, -0.05) is 36.9 Å². The molecular formula is C14H17N3S. The summed E-state index contributed by atoms with van der Waals surface area (Å²) in [6, 6.07) is 10.1. The lowest BCUT2D eigenvalue weighted by Crippen LogP contribution is -2.00. The van der Waals surface area contributed by atoms with Crippen molar-refractivity contribution in [3.8, 4) is 0 Å². The molecule has 0 bridgehead atoms. The van der Waals surface area contributed by atoms with E-state index in [4.69, 9.17) is 5.73 Å². The van der Waals surface area contributed by atoms with Crippen LogP contribution in [0.1, 0.15) is 24.7 Å². The predicted octanol–water partition coefficient (Wildman–Crippen LogP) is 3.47. The van der Waals surface area contributed by atoms with Gasteiger partial charge in [-0.2, -0.15) is 0 Å². The van der Waals surface area contributed by atoms with Gasteiger partial charge < -0.3 is 5.73 Å². The molecule has 0 spiro atoms. The fourth-order valence-electron chi connectivity index (χ4n) is 1.66. The van der Waals surface area contributed by atoms with Gasteiger partial charge in [-0.3, -0.25) is 0 Å². The van der Waals surface area contributed by atoms with Crippen LogP contribution in [-0.2, 0) is 6.42 Å². The van der Waals surface area contributed by atoms with E-state index < -0.39 is 0 Å². The number of nitrogens with zero attached hydrogens (tertiary/aromatic N) is 2. The Hall–Kier alpha value is -1.55. The number of aromatic nitrogens is 2. The first-order chi connectivity index (χ1) is 8.69. The Morgan fingerprint density at radius 3 is 2.72 bits per heavy atom. The Balaban J connectivity index is 2.26. The van der Waals surface area contributed by atoms with Gasteiger partial charge >= 0.3 is 0 Å². The van der Waals surface area contributed by atoms with Crippen molar-refractivity contribution in [3.05, 3.63) is 41.7 Å². The number of rotatable bonds is 4. The van der Waals surface area contributed by atoms with Crippen molar-refractivity contribution in [2.45, 2.75) is 36.6 Å². The summed E-state index contributed by atoms with van der Waals surface area (Å²) in [4.78, 5) is 9.98. The predicted molar refractivity (Wildman–Crippen MR) is 75.7 cm³/mol. The van der Waals surface area contributed by atoms with Gasteiger partial charge in [0.2, 0.25) is 0 Å². The molecule has 4 heteroatoms. The first-order valence-electron chi connectivity index (χ1n) is 6.06. The Morgan fingerprint density at radius 2 is 2.00 bits per heavy atom. The van der Waals surface area contributed by atoms with Crippen LogP contribution in [0, 0.1) is 6.92 Å². The lowest BCUT2D eigenvalue weighted by Gasteiger charge is -2.06. The molecule has 0 aliphatic carbocycles. The van der Waals surface area contributed by atoms with E-state index in [2.05, 4.69) is 35.9 Å². The summed E-state index contributed by atoms with van der Waals surface area (Å²) >= 11 is 1.64. The first-order valence-corrected chi connectivity index (χ1v) is 6.87. The first kappa shape index (κ1) is 12.9. The quantitative estimate of drug-likeness (QED) is 0.854. The van der Waals surface area contributed by atoms with Gasteiger partial charge in [-0.15, -0.1) is 0 Å². The second-order valence-corrected chi connectivity index (χ2v) is 5.23. The minimum absolute atomic E-state index is 0.546. The van der Waals surface area contributed by atoms with Crippen molar-refractivity contribution in [1.29, 1.82) is 0 Å². The maximum Gasteiger partial charge on any atom is 0.132 e. The molecule has 0 aliphatic heterocycles. The van der Waals surface area contributed by atoms with Crippen LogP contribution < -0.4 is 5.73 Å². The van der Waals surface area contributed by atoms with Gasteiger partial charge in [-0.05, 0) is 25.0 Å². The molecule has 2 N–H and O–H groups in total. The van der Waals surface area contributed by atoms with Gasteiger partial charge in [0.15, 0.2) is 0 Å². The summed E-state index contributed by atoms with van der Waals surface area (Å²) in [5.41, 5.74) is 7.06. The van der Waals surface area contributed by atoms with Crippen LogP contribution in [0.4, 0.5) is 5.82 Å². The van der Waals surface area contributed by atoms with Crippen molar-refractivity contribution in [2.75, 3.05) is 5.73 Å². The number of aryl methyl sites for hydroxylation is 2. The van der Waals surface area contributed by atoms with Crippen molar-refractivity contribution < 1.29 is 0 Å². The van der Waals surface area contributed by atoms with E-state index in [0.29, 0.717) is 5.82 Å². The number of hydrogen-bond donors (Lipinski definition) is 1. The molecule has 94 valence electrons. The molecule has 0 radical (unpaired) electrons. The molecule has 1 aromatic carbocycles. The normalized spacial score (nSPS) is 10.6. The van der Waals surface area contributed by atoms with E-state index in [0.717, 1.165) is 23.7 Å². The van der Waals surface area contributed by atoms with Gasteiger partial charge in [0.1, 0.15) is 16.7 Å². The molecule has 1 heterocycles. The van der Waals surface area contributed by atoms with Crippen LogP contribution >= 0.6 is 11.8 Å². The topological polar surface area (TPSA) is 51.8 Å². The highest BCUT2D eigenvalue weighted by Crippen LogP contribution is 2.29. The molecule has 3 nitrogen and oxygen atoms in total. The van der Waals surface area contributed by atoms with Crippen LogP contribution in [0.15, 0.2) is 40.3 Å². The molecule has 0 amide bonds. The van der Waals surface area contributed by atoms with Gasteiger partial charge in [-0.25, -0.2) is 9.97 Å². The fourth-order valence-corrected chi connectivity index (χ4v) is 2.60. The number of nitrogen functional groups attached to an aromatic ring is 1. The molecule has 0 saturated carbocycles. The maximum atomic E-state index is 5.82. The van der Waals surface area contributed by atoms with E-state index in [-0.39, 0.29) is 0 Å². The zero-order chi connectivity index (χ0) is 13.0. The van der Waals surface area contributed by atoms with Crippen molar-refractivity contribution >= 4 is 17.6 Å². The lowest BCUT2D eigenvalue weighted by atomic mass is 10.2. The Kier molecular flexibility index (Phi) is 4.20. The van der Waals surface area contributed by atoms with E-state index in [1.165, 1.54) is 10.5 Å². The Morgan fingerprint density at radius 1 is 1.22 bits per heavy atom. The third-order valence-corrected chi connectivity index (χ3v) is 3.65. The van der Waals surface area contributed by atoms with Gasteiger partial charge in [0.25, 0.3) is 0 Å². The molecule has 0 aliphatic rings. The highest BCUT2D eigenvalue weighted by Gasteiger charge is 2.05. The number of hydrogen-bond acceptors (Lipinski definition) is 4. The zero-order valence-corrected chi connectivity index (χ0v) is 11.5. The summed E-state index contributed by atoms with van der Waals surface area (Å²) in [5, 5.41) is 0.917. The van der Waals surface area contributed by atoms with Crippen LogP contribution in [-0.4, -0.2) is 9.97 Å². The molecule has 0 saturated heterocycles. The lowest BCUT2D eigenvalue weighted by molar-refractivity contribution is 0.813. The van der Waals surface area contributed by atoms with Crippen molar-refractivity contribution in [1.82, 2.24) is 9.97 Å². The number of anilines is 1. The van der Waals surface area contributed by atoms with Gasteiger partial charge in [0, 0.05) is 17.4 Å². The van der Waals surface area contributed by atoms with E-state index in [1.54, 1.807) is 11.8 Å². The van der Waals surface area contributed by atoms with E-state index in [9.17, 15) is 0 Å². The van der Waals surface area contributed by atoms with Crippen LogP contribution in [0.5, 0.6) is 0 Å². The summed E-state index contributed by atoms with van der Waals surface area (Å²) < 4.78 is 0. The van der Waals surface area contributed by atoms with Crippen LogP contribution in [0.3, 0.4) is 0 Å². The monoisotopic (exact) mass is 259 g/mol. The largest absolute Gasteiger partial charge is 0.384 e. The van der Waals surface area contributed by atoms with Crippen molar-refractivity contribution in [3.63, 3.8) is 0 Å². The smallest absolute Gasteiger partial charge is 0.132 e. The second-order valence-electron chi connectivity index (χ2n) is 4.16.